The Bertz CT molecular complexity index is 454. The van der Waals surface area contributed by atoms with E-state index in [0.29, 0.717) is 10.8 Å². The average Bonchev–Trinajstić information content (AvgIpc) is 2.79. The number of hydrogen-bond acceptors (Lipinski definition) is 2. The number of anilines is 1. The van der Waals surface area contributed by atoms with Gasteiger partial charge in [-0.05, 0) is 29.8 Å². The van der Waals surface area contributed by atoms with Crippen LogP contribution >= 0.6 is 11.6 Å². The highest BCUT2D eigenvalue weighted by atomic mass is 35.5. The fourth-order valence-electron chi connectivity index (χ4n) is 1.45. The Balaban J connectivity index is 2.02. The zero-order chi connectivity index (χ0) is 11.4. The summed E-state index contributed by atoms with van der Waals surface area (Å²) < 4.78 is 5.09. The first-order valence-corrected chi connectivity index (χ1v) is 5.36. The van der Waals surface area contributed by atoms with E-state index in [9.17, 15) is 0 Å². The standard InChI is InChI=1S/C12H13ClN2O/c1-16-12-3-2-10(6-11(12)13)15-8-9-4-5-14-7-9/h2-7,14-15H,8H2,1H3. The van der Waals surface area contributed by atoms with E-state index < -0.39 is 0 Å². The van der Waals surface area contributed by atoms with Crippen LogP contribution in [0.25, 0.3) is 0 Å². The van der Waals surface area contributed by atoms with E-state index in [0.717, 1.165) is 12.2 Å². The van der Waals surface area contributed by atoms with Gasteiger partial charge in [0.15, 0.2) is 0 Å². The van der Waals surface area contributed by atoms with Crippen LogP contribution < -0.4 is 10.1 Å². The molecule has 3 nitrogen and oxygen atoms in total. The molecule has 0 aliphatic heterocycles. The smallest absolute Gasteiger partial charge is 0.137 e. The summed E-state index contributed by atoms with van der Waals surface area (Å²) in [6.45, 7) is 0.770. The van der Waals surface area contributed by atoms with Gasteiger partial charge in [0, 0.05) is 24.6 Å². The number of aromatic amines is 1. The summed E-state index contributed by atoms with van der Waals surface area (Å²) in [7, 11) is 1.61. The van der Waals surface area contributed by atoms with Gasteiger partial charge in [-0.25, -0.2) is 0 Å². The summed E-state index contributed by atoms with van der Waals surface area (Å²) in [4.78, 5) is 3.01. The Morgan fingerprint density at radius 1 is 1.38 bits per heavy atom. The van der Waals surface area contributed by atoms with Crippen LogP contribution in [0.1, 0.15) is 5.56 Å². The number of hydrogen-bond donors (Lipinski definition) is 2. The minimum atomic E-state index is 0.613. The molecule has 1 aromatic carbocycles. The van der Waals surface area contributed by atoms with Gasteiger partial charge < -0.3 is 15.0 Å². The van der Waals surface area contributed by atoms with E-state index in [4.69, 9.17) is 16.3 Å². The molecule has 84 valence electrons. The summed E-state index contributed by atoms with van der Waals surface area (Å²) in [6.07, 6.45) is 3.86. The van der Waals surface area contributed by atoms with E-state index >= 15 is 0 Å². The molecule has 2 aromatic rings. The van der Waals surface area contributed by atoms with Crippen LogP contribution in [0.4, 0.5) is 5.69 Å². The van der Waals surface area contributed by atoms with E-state index in [-0.39, 0.29) is 0 Å². The molecule has 0 saturated carbocycles. The first kappa shape index (κ1) is 10.9. The molecule has 1 heterocycles. The molecule has 2 N–H and O–H groups in total. The van der Waals surface area contributed by atoms with Gasteiger partial charge in [0.1, 0.15) is 5.75 Å². The minimum absolute atomic E-state index is 0.613. The van der Waals surface area contributed by atoms with Crippen molar-refractivity contribution in [2.24, 2.45) is 0 Å². The summed E-state index contributed by atoms with van der Waals surface area (Å²) >= 11 is 6.02. The predicted molar refractivity (Wildman–Crippen MR) is 66.1 cm³/mol. The zero-order valence-corrected chi connectivity index (χ0v) is 9.71. The van der Waals surface area contributed by atoms with Crippen molar-refractivity contribution < 1.29 is 4.74 Å². The molecule has 0 bridgehead atoms. The van der Waals surface area contributed by atoms with Crippen molar-refractivity contribution in [3.05, 3.63) is 47.2 Å². The van der Waals surface area contributed by atoms with Gasteiger partial charge in [-0.3, -0.25) is 0 Å². The van der Waals surface area contributed by atoms with E-state index in [1.54, 1.807) is 7.11 Å². The Labute approximate surface area is 99.4 Å². The second kappa shape index (κ2) is 4.94. The third kappa shape index (κ3) is 2.49. The lowest BCUT2D eigenvalue weighted by Gasteiger charge is -2.08. The van der Waals surface area contributed by atoms with Crippen molar-refractivity contribution in [2.45, 2.75) is 6.54 Å². The maximum Gasteiger partial charge on any atom is 0.137 e. The lowest BCUT2D eigenvalue weighted by atomic mass is 10.2. The molecule has 0 amide bonds. The largest absolute Gasteiger partial charge is 0.495 e. The van der Waals surface area contributed by atoms with Crippen molar-refractivity contribution >= 4 is 17.3 Å². The van der Waals surface area contributed by atoms with Crippen molar-refractivity contribution in [1.29, 1.82) is 0 Å². The van der Waals surface area contributed by atoms with Crippen LogP contribution in [0, 0.1) is 0 Å². The molecule has 0 aliphatic rings. The molecule has 0 saturated heterocycles. The number of H-pyrrole nitrogens is 1. The summed E-state index contributed by atoms with van der Waals surface area (Å²) in [5, 5.41) is 3.89. The number of aromatic nitrogens is 1. The van der Waals surface area contributed by atoms with Gasteiger partial charge in [-0.15, -0.1) is 0 Å². The van der Waals surface area contributed by atoms with Crippen molar-refractivity contribution in [1.82, 2.24) is 4.98 Å². The Kier molecular flexibility index (Phi) is 3.37. The normalized spacial score (nSPS) is 10.1. The molecule has 4 heteroatoms. The van der Waals surface area contributed by atoms with E-state index in [1.807, 2.05) is 36.7 Å². The summed E-state index contributed by atoms with van der Waals surface area (Å²) in [6, 6.07) is 7.67. The third-order valence-corrected chi connectivity index (χ3v) is 2.61. The quantitative estimate of drug-likeness (QED) is 0.855. The topological polar surface area (TPSA) is 37.0 Å². The van der Waals surface area contributed by atoms with Gasteiger partial charge in [-0.2, -0.15) is 0 Å². The highest BCUT2D eigenvalue weighted by Crippen LogP contribution is 2.27. The van der Waals surface area contributed by atoms with Crippen LogP contribution in [0.15, 0.2) is 36.7 Å². The zero-order valence-electron chi connectivity index (χ0n) is 8.96. The van der Waals surface area contributed by atoms with Gasteiger partial charge in [0.25, 0.3) is 0 Å². The van der Waals surface area contributed by atoms with Crippen LogP contribution in [0.5, 0.6) is 5.75 Å². The monoisotopic (exact) mass is 236 g/mol. The second-order valence-corrected chi connectivity index (χ2v) is 3.83. The molecular formula is C12H13ClN2O. The Hall–Kier alpha value is -1.61. The lowest BCUT2D eigenvalue weighted by Crippen LogP contribution is -1.98. The molecule has 0 radical (unpaired) electrons. The summed E-state index contributed by atoms with van der Waals surface area (Å²) in [5.41, 5.74) is 2.18. The molecule has 0 atom stereocenters. The third-order valence-electron chi connectivity index (χ3n) is 2.31. The van der Waals surface area contributed by atoms with Crippen molar-refractivity contribution in [3.63, 3.8) is 0 Å². The molecule has 0 spiro atoms. The molecular weight excluding hydrogens is 224 g/mol. The highest BCUT2D eigenvalue weighted by molar-refractivity contribution is 6.32. The van der Waals surface area contributed by atoms with Crippen molar-refractivity contribution in [2.75, 3.05) is 12.4 Å². The number of ether oxygens (including phenoxy) is 1. The van der Waals surface area contributed by atoms with Gasteiger partial charge >= 0.3 is 0 Å². The van der Waals surface area contributed by atoms with Gasteiger partial charge in [-0.1, -0.05) is 11.6 Å². The molecule has 0 aliphatic carbocycles. The predicted octanol–water partition coefficient (Wildman–Crippen LogP) is 3.29. The van der Waals surface area contributed by atoms with E-state index in [2.05, 4.69) is 10.3 Å². The summed E-state index contributed by atoms with van der Waals surface area (Å²) in [5.74, 6) is 0.689. The Morgan fingerprint density at radius 2 is 2.25 bits per heavy atom. The molecule has 0 unspecified atom stereocenters. The van der Waals surface area contributed by atoms with Crippen molar-refractivity contribution in [3.8, 4) is 5.75 Å². The number of benzene rings is 1. The first-order valence-electron chi connectivity index (χ1n) is 4.98. The number of rotatable bonds is 4. The maximum absolute atomic E-state index is 6.02. The number of nitrogens with one attached hydrogen (secondary N) is 2. The fourth-order valence-corrected chi connectivity index (χ4v) is 1.71. The highest BCUT2D eigenvalue weighted by Gasteiger charge is 2.01. The SMILES string of the molecule is COc1ccc(NCc2cc[nH]c2)cc1Cl. The van der Waals surface area contributed by atoms with Crippen LogP contribution in [0.3, 0.4) is 0 Å². The molecule has 0 fully saturated rings. The van der Waals surface area contributed by atoms with Crippen LogP contribution in [0.2, 0.25) is 5.02 Å². The molecule has 1 aromatic heterocycles. The number of methoxy groups -OCH3 is 1. The van der Waals surface area contributed by atoms with Gasteiger partial charge in [0.2, 0.25) is 0 Å². The van der Waals surface area contributed by atoms with E-state index in [1.165, 1.54) is 5.56 Å². The fraction of sp³-hybridized carbons (Fsp3) is 0.167. The first-order chi connectivity index (χ1) is 7.79. The van der Waals surface area contributed by atoms with Crippen LogP contribution in [-0.2, 0) is 6.54 Å². The minimum Gasteiger partial charge on any atom is -0.495 e. The molecule has 16 heavy (non-hydrogen) atoms. The average molecular weight is 237 g/mol. The van der Waals surface area contributed by atoms with Gasteiger partial charge in [0.05, 0.1) is 12.1 Å². The second-order valence-electron chi connectivity index (χ2n) is 3.42. The Morgan fingerprint density at radius 3 is 2.88 bits per heavy atom. The maximum atomic E-state index is 6.02. The number of halogens is 1. The lowest BCUT2D eigenvalue weighted by molar-refractivity contribution is 0.415. The van der Waals surface area contributed by atoms with Crippen LogP contribution in [-0.4, -0.2) is 12.1 Å². The molecule has 2 rings (SSSR count).